The number of carboxylic acid groups (broad SMARTS) is 1. The van der Waals surface area contributed by atoms with E-state index in [2.05, 4.69) is 21.2 Å². The average Bonchev–Trinajstić information content (AvgIpc) is 2.60. The number of hydrogen-bond acceptors (Lipinski definition) is 3. The Balaban J connectivity index is 1.99. The van der Waals surface area contributed by atoms with Crippen molar-refractivity contribution in [1.29, 1.82) is 0 Å². The van der Waals surface area contributed by atoms with Crippen molar-refractivity contribution >= 4 is 33.3 Å². The molecule has 0 fully saturated rings. The van der Waals surface area contributed by atoms with Crippen molar-refractivity contribution in [2.75, 3.05) is 5.32 Å². The van der Waals surface area contributed by atoms with Gasteiger partial charge < -0.3 is 15.0 Å². The van der Waals surface area contributed by atoms with E-state index in [0.717, 1.165) is 11.6 Å². The van der Waals surface area contributed by atoms with E-state index in [-0.39, 0.29) is 29.0 Å². The molecule has 3 rings (SSSR count). The summed E-state index contributed by atoms with van der Waals surface area (Å²) in [5, 5.41) is 12.2. The second kappa shape index (κ2) is 7.53. The maximum absolute atomic E-state index is 14.0. The fourth-order valence-corrected chi connectivity index (χ4v) is 2.82. The molecule has 0 saturated heterocycles. The summed E-state index contributed by atoms with van der Waals surface area (Å²) in [4.78, 5) is 24.0. The number of aromatic nitrogens is 1. The maximum Gasteiger partial charge on any atom is 0.339 e. The number of nitrogens with zero attached hydrogens (tertiary/aromatic N) is 1. The first kappa shape index (κ1) is 17.9. The lowest BCUT2D eigenvalue weighted by atomic mass is 10.2. The third-order valence-corrected chi connectivity index (χ3v) is 4.25. The van der Waals surface area contributed by atoms with Gasteiger partial charge in [-0.3, -0.25) is 4.79 Å². The van der Waals surface area contributed by atoms with Crippen LogP contribution in [0.4, 0.5) is 15.8 Å². The molecule has 0 aliphatic carbocycles. The zero-order valence-corrected chi connectivity index (χ0v) is 15.0. The van der Waals surface area contributed by atoms with Gasteiger partial charge in [-0.15, -0.1) is 0 Å². The largest absolute Gasteiger partial charge is 0.478 e. The summed E-state index contributed by atoms with van der Waals surface area (Å²) in [5.74, 6) is -1.78. The lowest BCUT2D eigenvalue weighted by Gasteiger charge is -2.13. The molecular formula is C19H14BrFN2O3. The molecule has 5 nitrogen and oxygen atoms in total. The summed E-state index contributed by atoms with van der Waals surface area (Å²) >= 11 is 3.16. The van der Waals surface area contributed by atoms with Gasteiger partial charge in [-0.1, -0.05) is 46.3 Å². The highest BCUT2D eigenvalue weighted by molar-refractivity contribution is 9.10. The minimum Gasteiger partial charge on any atom is -0.478 e. The van der Waals surface area contributed by atoms with Crippen molar-refractivity contribution in [3.8, 4) is 0 Å². The lowest BCUT2D eigenvalue weighted by Crippen LogP contribution is -2.22. The normalized spacial score (nSPS) is 10.5. The van der Waals surface area contributed by atoms with Gasteiger partial charge >= 0.3 is 5.97 Å². The van der Waals surface area contributed by atoms with Crippen LogP contribution in [0.5, 0.6) is 0 Å². The number of rotatable bonds is 5. The lowest BCUT2D eigenvalue weighted by molar-refractivity contribution is 0.0697. The van der Waals surface area contributed by atoms with E-state index in [0.29, 0.717) is 4.47 Å². The number of hydrogen-bond donors (Lipinski definition) is 2. The van der Waals surface area contributed by atoms with Gasteiger partial charge in [0, 0.05) is 16.7 Å². The van der Waals surface area contributed by atoms with Crippen molar-refractivity contribution in [3.63, 3.8) is 0 Å². The van der Waals surface area contributed by atoms with Crippen LogP contribution in [0, 0.1) is 5.82 Å². The highest BCUT2D eigenvalue weighted by Gasteiger charge is 2.15. The van der Waals surface area contributed by atoms with Gasteiger partial charge in [0.15, 0.2) is 0 Å². The molecule has 0 atom stereocenters. The molecular weight excluding hydrogens is 403 g/mol. The van der Waals surface area contributed by atoms with Crippen molar-refractivity contribution < 1.29 is 14.3 Å². The van der Waals surface area contributed by atoms with E-state index >= 15 is 0 Å². The molecule has 3 aromatic rings. The summed E-state index contributed by atoms with van der Waals surface area (Å²) in [6, 6.07) is 14.7. The predicted molar refractivity (Wildman–Crippen MR) is 101 cm³/mol. The predicted octanol–water partition coefficient (Wildman–Crippen LogP) is 4.24. The summed E-state index contributed by atoms with van der Waals surface area (Å²) < 4.78 is 15.9. The van der Waals surface area contributed by atoms with Crippen LogP contribution in [0.1, 0.15) is 15.9 Å². The van der Waals surface area contributed by atoms with Gasteiger partial charge in [-0.2, -0.15) is 0 Å². The number of carboxylic acids is 1. The number of nitrogens with one attached hydrogen (secondary N) is 1. The third-order valence-electron chi connectivity index (χ3n) is 3.75. The molecule has 2 N–H and O–H groups in total. The molecule has 132 valence electrons. The Morgan fingerprint density at radius 3 is 2.50 bits per heavy atom. The zero-order valence-electron chi connectivity index (χ0n) is 13.4. The highest BCUT2D eigenvalue weighted by atomic mass is 79.9. The molecule has 2 aromatic carbocycles. The van der Waals surface area contributed by atoms with Crippen LogP contribution < -0.4 is 10.9 Å². The molecule has 1 aromatic heterocycles. The molecule has 26 heavy (non-hydrogen) atoms. The van der Waals surface area contributed by atoms with Crippen LogP contribution >= 0.6 is 15.9 Å². The monoisotopic (exact) mass is 416 g/mol. The molecule has 0 amide bonds. The van der Waals surface area contributed by atoms with E-state index < -0.39 is 11.8 Å². The van der Waals surface area contributed by atoms with Crippen LogP contribution in [-0.4, -0.2) is 15.6 Å². The molecule has 0 bridgehead atoms. The minimum atomic E-state index is -1.22. The van der Waals surface area contributed by atoms with E-state index in [4.69, 9.17) is 0 Å². The Bertz CT molecular complexity index is 1020. The van der Waals surface area contributed by atoms with Crippen LogP contribution in [0.25, 0.3) is 0 Å². The van der Waals surface area contributed by atoms with E-state index in [1.54, 1.807) is 6.07 Å². The second-order valence-electron chi connectivity index (χ2n) is 5.61. The van der Waals surface area contributed by atoms with Crippen LogP contribution in [0.15, 0.2) is 70.1 Å². The zero-order chi connectivity index (χ0) is 18.7. The fourth-order valence-electron chi connectivity index (χ4n) is 2.49. The molecule has 1 heterocycles. The summed E-state index contributed by atoms with van der Waals surface area (Å²) in [6.07, 6.45) is 1.26. The third kappa shape index (κ3) is 4.00. The first-order valence-corrected chi connectivity index (χ1v) is 8.47. The Morgan fingerprint density at radius 2 is 1.85 bits per heavy atom. The first-order valence-electron chi connectivity index (χ1n) is 7.68. The first-order chi connectivity index (χ1) is 12.4. The highest BCUT2D eigenvalue weighted by Crippen LogP contribution is 2.24. The smallest absolute Gasteiger partial charge is 0.339 e. The SMILES string of the molecule is O=C(O)c1cn(Cc2ccccc2)c(=O)cc1Nc1ccc(Br)cc1F. The number of anilines is 2. The minimum absolute atomic E-state index is 0.0352. The van der Waals surface area contributed by atoms with Crippen molar-refractivity contribution in [3.05, 3.63) is 92.6 Å². The number of halogens is 2. The van der Waals surface area contributed by atoms with Gasteiger partial charge in [0.25, 0.3) is 5.56 Å². The van der Waals surface area contributed by atoms with Crippen LogP contribution in [0.3, 0.4) is 0 Å². The summed E-state index contributed by atoms with van der Waals surface area (Å²) in [6.45, 7) is 0.243. The Hall–Kier alpha value is -2.93. The fraction of sp³-hybridized carbons (Fsp3) is 0.0526. The number of benzene rings is 2. The maximum atomic E-state index is 14.0. The molecule has 0 radical (unpaired) electrons. The molecule has 7 heteroatoms. The van der Waals surface area contributed by atoms with Gasteiger partial charge in [0.2, 0.25) is 0 Å². The van der Waals surface area contributed by atoms with E-state index in [9.17, 15) is 19.1 Å². The van der Waals surface area contributed by atoms with Gasteiger partial charge in [-0.25, -0.2) is 9.18 Å². The van der Waals surface area contributed by atoms with Gasteiger partial charge in [0.1, 0.15) is 5.82 Å². The standard InChI is InChI=1S/C19H14BrFN2O3/c20-13-6-7-16(15(21)8-13)22-17-9-18(24)23(11-14(17)19(25)26)10-12-4-2-1-3-5-12/h1-9,11,22H,10H2,(H,25,26). The van der Waals surface area contributed by atoms with Gasteiger partial charge in [-0.05, 0) is 23.8 Å². The summed E-state index contributed by atoms with van der Waals surface area (Å²) in [7, 11) is 0. The van der Waals surface area contributed by atoms with Crippen LogP contribution in [0.2, 0.25) is 0 Å². The average molecular weight is 417 g/mol. The van der Waals surface area contributed by atoms with Crippen molar-refractivity contribution in [1.82, 2.24) is 4.57 Å². The molecule has 0 aliphatic rings. The van der Waals surface area contributed by atoms with Gasteiger partial charge in [0.05, 0.1) is 23.5 Å². The quantitative estimate of drug-likeness (QED) is 0.652. The van der Waals surface area contributed by atoms with Crippen molar-refractivity contribution in [2.45, 2.75) is 6.54 Å². The summed E-state index contributed by atoms with van der Waals surface area (Å²) in [5.41, 5.74) is 0.469. The Morgan fingerprint density at radius 1 is 1.12 bits per heavy atom. The van der Waals surface area contributed by atoms with E-state index in [1.165, 1.54) is 22.9 Å². The molecule has 0 spiro atoms. The number of carbonyl (C=O) groups is 1. The Labute approximate surface area is 156 Å². The molecule has 0 unspecified atom stereocenters. The number of aromatic carboxylic acids is 1. The Kier molecular flexibility index (Phi) is 5.18. The van der Waals surface area contributed by atoms with Crippen LogP contribution in [-0.2, 0) is 6.54 Å². The number of pyridine rings is 1. The topological polar surface area (TPSA) is 71.3 Å². The van der Waals surface area contributed by atoms with Crippen molar-refractivity contribution in [2.24, 2.45) is 0 Å². The molecule has 0 aliphatic heterocycles. The molecule has 0 saturated carbocycles. The second-order valence-corrected chi connectivity index (χ2v) is 6.52. The van der Waals surface area contributed by atoms with E-state index in [1.807, 2.05) is 30.3 Å².